The fraction of sp³-hybridized carbons (Fsp3) is 0.375. The van der Waals surface area contributed by atoms with Crippen LogP contribution < -0.4 is 9.80 Å². The lowest BCUT2D eigenvalue weighted by Gasteiger charge is -2.39. The standard InChI is InChI=1S/C24H27N5O2/c30-24(29-16-14-27(15-17-29)20-5-2-1-3-6-20)19-10-12-28(13-11-19)23-9-8-21(25-26-23)22-7-4-18-31-22/h1-9,18-19H,10-17H2. The molecular formula is C24H27N5O2. The van der Waals surface area contributed by atoms with Crippen molar-refractivity contribution in [1.29, 1.82) is 0 Å². The Morgan fingerprint density at radius 3 is 2.23 bits per heavy atom. The topological polar surface area (TPSA) is 65.7 Å². The summed E-state index contributed by atoms with van der Waals surface area (Å²) in [7, 11) is 0. The van der Waals surface area contributed by atoms with Gasteiger partial charge < -0.3 is 19.1 Å². The second-order valence-corrected chi connectivity index (χ2v) is 8.16. The Bertz CT molecular complexity index is 975. The normalized spacial score (nSPS) is 17.7. The van der Waals surface area contributed by atoms with Gasteiger partial charge in [-0.3, -0.25) is 4.79 Å². The molecule has 1 aromatic carbocycles. The first-order valence-electron chi connectivity index (χ1n) is 11.0. The van der Waals surface area contributed by atoms with Crippen molar-refractivity contribution in [3.63, 3.8) is 0 Å². The maximum atomic E-state index is 13.1. The molecule has 2 aliphatic heterocycles. The van der Waals surface area contributed by atoms with Crippen LogP contribution in [0.15, 0.2) is 65.3 Å². The Balaban J connectivity index is 1.12. The van der Waals surface area contributed by atoms with E-state index in [4.69, 9.17) is 4.42 Å². The first kappa shape index (κ1) is 19.6. The largest absolute Gasteiger partial charge is 0.463 e. The molecular weight excluding hydrogens is 390 g/mol. The summed E-state index contributed by atoms with van der Waals surface area (Å²) in [5.41, 5.74) is 1.97. The summed E-state index contributed by atoms with van der Waals surface area (Å²) in [6.07, 6.45) is 3.35. The van der Waals surface area contributed by atoms with Crippen molar-refractivity contribution in [1.82, 2.24) is 15.1 Å². The summed E-state index contributed by atoms with van der Waals surface area (Å²) >= 11 is 0. The van der Waals surface area contributed by atoms with E-state index < -0.39 is 0 Å². The van der Waals surface area contributed by atoms with Gasteiger partial charge in [0.2, 0.25) is 5.91 Å². The number of amides is 1. The van der Waals surface area contributed by atoms with E-state index in [-0.39, 0.29) is 5.92 Å². The molecule has 2 fully saturated rings. The van der Waals surface area contributed by atoms with Crippen molar-refractivity contribution in [3.05, 3.63) is 60.9 Å². The number of furan rings is 1. The lowest BCUT2D eigenvalue weighted by molar-refractivity contribution is -0.136. The maximum Gasteiger partial charge on any atom is 0.225 e. The van der Waals surface area contributed by atoms with Crippen molar-refractivity contribution >= 4 is 17.4 Å². The van der Waals surface area contributed by atoms with Gasteiger partial charge in [0.15, 0.2) is 11.6 Å². The molecule has 4 heterocycles. The predicted molar refractivity (Wildman–Crippen MR) is 120 cm³/mol. The van der Waals surface area contributed by atoms with Gasteiger partial charge in [0, 0.05) is 50.9 Å². The zero-order valence-electron chi connectivity index (χ0n) is 17.6. The monoisotopic (exact) mass is 417 g/mol. The minimum absolute atomic E-state index is 0.106. The predicted octanol–water partition coefficient (Wildman–Crippen LogP) is 3.30. The molecule has 0 aliphatic carbocycles. The van der Waals surface area contributed by atoms with Crippen molar-refractivity contribution < 1.29 is 9.21 Å². The van der Waals surface area contributed by atoms with Crippen LogP contribution in [0.5, 0.6) is 0 Å². The van der Waals surface area contributed by atoms with Crippen LogP contribution in [0.25, 0.3) is 11.5 Å². The summed E-state index contributed by atoms with van der Waals surface area (Å²) < 4.78 is 5.37. The number of carbonyl (C=O) groups is 1. The number of piperidine rings is 1. The number of piperazine rings is 1. The van der Waals surface area contributed by atoms with Crippen LogP contribution in [-0.2, 0) is 4.79 Å². The molecule has 0 bridgehead atoms. The number of rotatable bonds is 4. The summed E-state index contributed by atoms with van der Waals surface area (Å²) in [5.74, 6) is 2.00. The lowest BCUT2D eigenvalue weighted by atomic mass is 9.95. The highest BCUT2D eigenvalue weighted by Gasteiger charge is 2.31. The van der Waals surface area contributed by atoms with Gasteiger partial charge in [0.25, 0.3) is 0 Å². The molecule has 0 spiro atoms. The summed E-state index contributed by atoms with van der Waals surface area (Å²) in [5, 5.41) is 8.66. The first-order valence-corrected chi connectivity index (χ1v) is 11.0. The SMILES string of the molecule is O=C(C1CCN(c2ccc(-c3ccco3)nn2)CC1)N1CCN(c2ccccc2)CC1. The number of carbonyl (C=O) groups excluding carboxylic acids is 1. The number of aromatic nitrogens is 2. The van der Waals surface area contributed by atoms with E-state index in [0.29, 0.717) is 5.91 Å². The highest BCUT2D eigenvalue weighted by atomic mass is 16.3. The molecule has 0 radical (unpaired) electrons. The number of hydrogen-bond donors (Lipinski definition) is 0. The highest BCUT2D eigenvalue weighted by molar-refractivity contribution is 5.79. The van der Waals surface area contributed by atoms with Crippen LogP contribution >= 0.6 is 0 Å². The van der Waals surface area contributed by atoms with Gasteiger partial charge in [-0.05, 0) is 49.2 Å². The van der Waals surface area contributed by atoms with Crippen LogP contribution in [0, 0.1) is 5.92 Å². The zero-order valence-corrected chi connectivity index (χ0v) is 17.6. The number of para-hydroxylation sites is 1. The van der Waals surface area contributed by atoms with Crippen molar-refractivity contribution in [2.24, 2.45) is 5.92 Å². The molecule has 2 aromatic heterocycles. The van der Waals surface area contributed by atoms with Gasteiger partial charge in [0.05, 0.1) is 6.26 Å². The second-order valence-electron chi connectivity index (χ2n) is 8.16. The Morgan fingerprint density at radius 2 is 1.58 bits per heavy atom. The molecule has 2 aliphatic rings. The summed E-state index contributed by atoms with van der Waals surface area (Å²) in [6.45, 7) is 5.05. The van der Waals surface area contributed by atoms with Crippen molar-refractivity contribution in [2.45, 2.75) is 12.8 Å². The van der Waals surface area contributed by atoms with E-state index in [1.807, 2.05) is 30.3 Å². The first-order chi connectivity index (χ1) is 15.3. The molecule has 0 N–H and O–H groups in total. The maximum absolute atomic E-state index is 13.1. The number of nitrogens with zero attached hydrogens (tertiary/aromatic N) is 5. The quantitative estimate of drug-likeness (QED) is 0.649. The van der Waals surface area contributed by atoms with E-state index in [1.54, 1.807) is 6.26 Å². The third-order valence-electron chi connectivity index (χ3n) is 6.30. The number of benzene rings is 1. The van der Waals surface area contributed by atoms with E-state index in [2.05, 4.69) is 49.2 Å². The average Bonchev–Trinajstić information content (AvgIpc) is 3.40. The van der Waals surface area contributed by atoms with Crippen molar-refractivity contribution in [2.75, 3.05) is 49.1 Å². The van der Waals surface area contributed by atoms with E-state index in [0.717, 1.165) is 69.4 Å². The molecule has 0 unspecified atom stereocenters. The Morgan fingerprint density at radius 1 is 0.806 bits per heavy atom. The molecule has 0 saturated carbocycles. The van der Waals surface area contributed by atoms with Crippen LogP contribution in [-0.4, -0.2) is 60.3 Å². The minimum atomic E-state index is 0.106. The fourth-order valence-corrected chi connectivity index (χ4v) is 4.49. The molecule has 7 nitrogen and oxygen atoms in total. The second kappa shape index (κ2) is 8.79. The Labute approximate surface area is 182 Å². The third-order valence-corrected chi connectivity index (χ3v) is 6.30. The molecule has 1 amide bonds. The third kappa shape index (κ3) is 4.26. The molecule has 31 heavy (non-hydrogen) atoms. The summed E-state index contributed by atoms with van der Waals surface area (Å²) in [4.78, 5) is 19.7. The Kier molecular flexibility index (Phi) is 5.56. The van der Waals surface area contributed by atoms with Gasteiger partial charge >= 0.3 is 0 Å². The lowest BCUT2D eigenvalue weighted by Crippen LogP contribution is -2.51. The van der Waals surface area contributed by atoms with E-state index >= 15 is 0 Å². The highest BCUT2D eigenvalue weighted by Crippen LogP contribution is 2.25. The van der Waals surface area contributed by atoms with Crippen molar-refractivity contribution in [3.8, 4) is 11.5 Å². The van der Waals surface area contributed by atoms with Crippen LogP contribution in [0.3, 0.4) is 0 Å². The average molecular weight is 418 g/mol. The number of hydrogen-bond acceptors (Lipinski definition) is 6. The van der Waals surface area contributed by atoms with Gasteiger partial charge in [-0.15, -0.1) is 10.2 Å². The van der Waals surface area contributed by atoms with Crippen LogP contribution in [0.1, 0.15) is 12.8 Å². The van der Waals surface area contributed by atoms with Gasteiger partial charge in [-0.2, -0.15) is 0 Å². The van der Waals surface area contributed by atoms with Gasteiger partial charge in [-0.1, -0.05) is 18.2 Å². The molecule has 0 atom stereocenters. The molecule has 5 rings (SSSR count). The molecule has 2 saturated heterocycles. The van der Waals surface area contributed by atoms with Gasteiger partial charge in [0.1, 0.15) is 5.69 Å². The Hall–Kier alpha value is -3.35. The van der Waals surface area contributed by atoms with E-state index in [1.165, 1.54) is 5.69 Å². The van der Waals surface area contributed by atoms with Crippen LogP contribution in [0.2, 0.25) is 0 Å². The van der Waals surface area contributed by atoms with Gasteiger partial charge in [-0.25, -0.2) is 0 Å². The van der Waals surface area contributed by atoms with Crippen LogP contribution in [0.4, 0.5) is 11.5 Å². The van der Waals surface area contributed by atoms with E-state index in [9.17, 15) is 4.79 Å². The smallest absolute Gasteiger partial charge is 0.225 e. The molecule has 7 heteroatoms. The number of anilines is 2. The molecule has 160 valence electrons. The summed E-state index contributed by atoms with van der Waals surface area (Å²) in [6, 6.07) is 18.1. The fourth-order valence-electron chi connectivity index (χ4n) is 4.49. The minimum Gasteiger partial charge on any atom is -0.463 e. The zero-order chi connectivity index (χ0) is 21.0. The molecule has 3 aromatic rings.